The lowest BCUT2D eigenvalue weighted by Gasteiger charge is -2.07. The molecule has 0 amide bonds. The molecule has 1 fully saturated rings. The van der Waals surface area contributed by atoms with Crippen molar-refractivity contribution in [3.05, 3.63) is 22.4 Å². The van der Waals surface area contributed by atoms with Gasteiger partial charge in [-0.2, -0.15) is 0 Å². The van der Waals surface area contributed by atoms with Crippen molar-refractivity contribution >= 4 is 29.1 Å². The van der Waals surface area contributed by atoms with Gasteiger partial charge in [0, 0.05) is 10.6 Å². The second-order valence-electron chi connectivity index (χ2n) is 2.79. The molecule has 0 saturated carbocycles. The monoisotopic (exact) mass is 215 g/mol. The van der Waals surface area contributed by atoms with Crippen molar-refractivity contribution in [2.75, 3.05) is 5.75 Å². The predicted molar refractivity (Wildman–Crippen MR) is 54.1 cm³/mol. The van der Waals surface area contributed by atoms with Crippen molar-refractivity contribution in [1.82, 2.24) is 5.32 Å². The molecule has 5 heteroatoms. The smallest absolute Gasteiger partial charge is 0.321 e. The molecule has 0 aromatic carbocycles. The first-order valence-corrected chi connectivity index (χ1v) is 5.84. The second kappa shape index (κ2) is 3.69. The van der Waals surface area contributed by atoms with Gasteiger partial charge in [-0.05, 0) is 11.4 Å². The van der Waals surface area contributed by atoms with Crippen molar-refractivity contribution < 1.29 is 9.90 Å². The van der Waals surface area contributed by atoms with Crippen LogP contribution in [0.2, 0.25) is 0 Å². The van der Waals surface area contributed by atoms with Crippen molar-refractivity contribution in [2.45, 2.75) is 11.4 Å². The first kappa shape index (κ1) is 9.05. The van der Waals surface area contributed by atoms with Crippen LogP contribution in [0, 0.1) is 0 Å². The van der Waals surface area contributed by atoms with Gasteiger partial charge in [0.1, 0.15) is 6.04 Å². The summed E-state index contributed by atoms with van der Waals surface area (Å²) in [6.45, 7) is 0. The lowest BCUT2D eigenvalue weighted by Crippen LogP contribution is -2.33. The Balaban J connectivity index is 2.03. The standard InChI is InChI=1S/C8H9NO2S2/c10-8(11)5-4-13-7(9-5)6-2-1-3-12-6/h1-3,5,7,9H,4H2,(H,10,11)/t5-,7-/m0/s1. The van der Waals surface area contributed by atoms with Crippen molar-refractivity contribution in [3.8, 4) is 0 Å². The predicted octanol–water partition coefficient (Wildman–Crippen LogP) is 1.54. The highest BCUT2D eigenvalue weighted by Gasteiger charge is 2.30. The zero-order valence-corrected chi connectivity index (χ0v) is 8.40. The summed E-state index contributed by atoms with van der Waals surface area (Å²) in [5, 5.41) is 14.0. The molecule has 1 aromatic heterocycles. The van der Waals surface area contributed by atoms with Gasteiger partial charge in [0.25, 0.3) is 0 Å². The summed E-state index contributed by atoms with van der Waals surface area (Å²) in [7, 11) is 0. The Labute approximate surface area is 84.2 Å². The Kier molecular flexibility index (Phi) is 2.57. The third-order valence-electron chi connectivity index (χ3n) is 1.88. The number of aliphatic carboxylic acids is 1. The Morgan fingerprint density at radius 3 is 3.08 bits per heavy atom. The molecule has 2 rings (SSSR count). The largest absolute Gasteiger partial charge is 0.480 e. The lowest BCUT2D eigenvalue weighted by atomic mass is 10.3. The highest BCUT2D eigenvalue weighted by molar-refractivity contribution is 7.99. The number of carboxylic acids is 1. The zero-order valence-electron chi connectivity index (χ0n) is 6.77. The van der Waals surface area contributed by atoms with Gasteiger partial charge in [-0.3, -0.25) is 10.1 Å². The average Bonchev–Trinajstić information content (AvgIpc) is 2.75. The highest BCUT2D eigenvalue weighted by atomic mass is 32.2. The summed E-state index contributed by atoms with van der Waals surface area (Å²) >= 11 is 3.31. The Bertz CT molecular complexity index is 299. The average molecular weight is 215 g/mol. The summed E-state index contributed by atoms with van der Waals surface area (Å²) in [4.78, 5) is 11.8. The van der Waals surface area contributed by atoms with Gasteiger partial charge in [0.2, 0.25) is 0 Å². The van der Waals surface area contributed by atoms with E-state index in [1.54, 1.807) is 23.1 Å². The highest BCUT2D eigenvalue weighted by Crippen LogP contribution is 2.34. The SMILES string of the molecule is O=C(O)[C@@H]1CS[C@@H](c2cccs2)N1. The quantitative estimate of drug-likeness (QED) is 0.785. The summed E-state index contributed by atoms with van der Waals surface area (Å²) in [5.74, 6) is -0.107. The molecule has 2 N–H and O–H groups in total. The van der Waals surface area contributed by atoms with E-state index in [2.05, 4.69) is 5.32 Å². The molecule has 0 radical (unpaired) electrons. The van der Waals surface area contributed by atoms with Crippen LogP contribution in [-0.4, -0.2) is 22.9 Å². The molecule has 3 nitrogen and oxygen atoms in total. The first-order valence-electron chi connectivity index (χ1n) is 3.91. The number of hydrogen-bond acceptors (Lipinski definition) is 4. The number of hydrogen-bond donors (Lipinski definition) is 2. The molecule has 1 aromatic rings. The summed E-state index contributed by atoms with van der Waals surface area (Å²) in [6, 6.07) is 3.62. The molecule has 13 heavy (non-hydrogen) atoms. The van der Waals surface area contributed by atoms with E-state index >= 15 is 0 Å². The van der Waals surface area contributed by atoms with Crippen LogP contribution in [-0.2, 0) is 4.79 Å². The second-order valence-corrected chi connectivity index (χ2v) is 4.90. The number of rotatable bonds is 2. The fourth-order valence-corrected chi connectivity index (χ4v) is 3.38. The molecule has 70 valence electrons. The van der Waals surface area contributed by atoms with Crippen LogP contribution in [0.4, 0.5) is 0 Å². The van der Waals surface area contributed by atoms with Gasteiger partial charge in [-0.1, -0.05) is 6.07 Å². The molecule has 1 aliphatic heterocycles. The number of nitrogens with one attached hydrogen (secondary N) is 1. The molecule has 2 atom stereocenters. The minimum absolute atomic E-state index is 0.168. The molecule has 0 unspecified atom stereocenters. The van der Waals surface area contributed by atoms with Crippen molar-refractivity contribution in [3.63, 3.8) is 0 Å². The van der Waals surface area contributed by atoms with E-state index in [1.165, 1.54) is 4.88 Å². The fraction of sp³-hybridized carbons (Fsp3) is 0.375. The maximum Gasteiger partial charge on any atom is 0.321 e. The van der Waals surface area contributed by atoms with Gasteiger partial charge >= 0.3 is 5.97 Å². The third-order valence-corrected chi connectivity index (χ3v) is 4.22. The van der Waals surface area contributed by atoms with Crippen LogP contribution in [0.1, 0.15) is 10.3 Å². The molecule has 1 saturated heterocycles. The molecule has 0 bridgehead atoms. The summed E-state index contributed by atoms with van der Waals surface area (Å²) in [6.07, 6.45) is 0. The van der Waals surface area contributed by atoms with E-state index in [-0.39, 0.29) is 5.37 Å². The van der Waals surface area contributed by atoms with Gasteiger partial charge in [0.05, 0.1) is 5.37 Å². The molecular weight excluding hydrogens is 206 g/mol. The van der Waals surface area contributed by atoms with E-state index in [4.69, 9.17) is 5.11 Å². The number of carbonyl (C=O) groups is 1. The van der Waals surface area contributed by atoms with Crippen LogP contribution < -0.4 is 5.32 Å². The van der Waals surface area contributed by atoms with E-state index in [9.17, 15) is 4.79 Å². The normalized spacial score (nSPS) is 27.7. The van der Waals surface area contributed by atoms with E-state index in [1.807, 2.05) is 17.5 Å². The zero-order chi connectivity index (χ0) is 9.26. The molecule has 1 aliphatic rings. The number of thiophene rings is 1. The lowest BCUT2D eigenvalue weighted by molar-refractivity contribution is -0.138. The van der Waals surface area contributed by atoms with Gasteiger partial charge < -0.3 is 5.11 Å². The molecule has 0 aliphatic carbocycles. The third kappa shape index (κ3) is 1.87. The van der Waals surface area contributed by atoms with E-state index in [0.717, 1.165) is 0 Å². The van der Waals surface area contributed by atoms with Gasteiger partial charge in [-0.15, -0.1) is 23.1 Å². The topological polar surface area (TPSA) is 49.3 Å². The van der Waals surface area contributed by atoms with Crippen LogP contribution in [0.25, 0.3) is 0 Å². The molecule has 0 spiro atoms. The summed E-state index contributed by atoms with van der Waals surface area (Å²) < 4.78 is 0. The van der Waals surface area contributed by atoms with Gasteiger partial charge in [-0.25, -0.2) is 0 Å². The number of thioether (sulfide) groups is 1. The fourth-order valence-electron chi connectivity index (χ4n) is 1.22. The Morgan fingerprint density at radius 1 is 1.69 bits per heavy atom. The minimum Gasteiger partial charge on any atom is -0.480 e. The maximum absolute atomic E-state index is 10.6. The van der Waals surface area contributed by atoms with Crippen molar-refractivity contribution in [2.24, 2.45) is 0 Å². The van der Waals surface area contributed by atoms with Crippen LogP contribution >= 0.6 is 23.1 Å². The van der Waals surface area contributed by atoms with Crippen LogP contribution in [0.5, 0.6) is 0 Å². The summed E-state index contributed by atoms with van der Waals surface area (Å²) in [5.41, 5.74) is 0. The Hall–Kier alpha value is -0.520. The van der Waals surface area contributed by atoms with Gasteiger partial charge in [0.15, 0.2) is 0 Å². The van der Waals surface area contributed by atoms with E-state index < -0.39 is 12.0 Å². The molecular formula is C8H9NO2S2. The maximum atomic E-state index is 10.6. The van der Waals surface area contributed by atoms with E-state index in [0.29, 0.717) is 5.75 Å². The van der Waals surface area contributed by atoms with Crippen LogP contribution in [0.3, 0.4) is 0 Å². The van der Waals surface area contributed by atoms with Crippen LogP contribution in [0.15, 0.2) is 17.5 Å². The Morgan fingerprint density at radius 2 is 2.54 bits per heavy atom. The molecule has 2 heterocycles. The number of carboxylic acid groups (broad SMARTS) is 1. The minimum atomic E-state index is -0.758. The first-order chi connectivity index (χ1) is 6.27. The van der Waals surface area contributed by atoms with Crippen molar-refractivity contribution in [1.29, 1.82) is 0 Å².